The van der Waals surface area contributed by atoms with Gasteiger partial charge in [-0.15, -0.1) is 0 Å². The Labute approximate surface area is 107 Å². The molecule has 94 valence electrons. The Morgan fingerprint density at radius 3 is 2.83 bits per heavy atom. The normalized spacial score (nSPS) is 10.1. The Bertz CT molecular complexity index is 466. The third-order valence-corrected chi connectivity index (χ3v) is 2.42. The van der Waals surface area contributed by atoms with Crippen molar-refractivity contribution in [2.75, 3.05) is 24.2 Å². The van der Waals surface area contributed by atoms with Crippen molar-refractivity contribution in [1.29, 1.82) is 0 Å². The van der Waals surface area contributed by atoms with E-state index in [2.05, 4.69) is 10.3 Å². The van der Waals surface area contributed by atoms with Gasteiger partial charge in [0.2, 0.25) is 0 Å². The highest BCUT2D eigenvalue weighted by Crippen LogP contribution is 2.14. The van der Waals surface area contributed by atoms with Gasteiger partial charge in [0.15, 0.2) is 0 Å². The molecular weight excluding hydrogens is 226 g/mol. The van der Waals surface area contributed by atoms with E-state index >= 15 is 0 Å². The smallest absolute Gasteiger partial charge is 0.126 e. The molecule has 0 saturated heterocycles. The molecular formula is C14H17N3O. The molecule has 4 nitrogen and oxygen atoms in total. The van der Waals surface area contributed by atoms with Crippen LogP contribution in [0.2, 0.25) is 0 Å². The molecule has 0 aliphatic carbocycles. The van der Waals surface area contributed by atoms with Crippen molar-refractivity contribution < 1.29 is 4.74 Å². The molecule has 0 radical (unpaired) electrons. The number of aryl methyl sites for hydroxylation is 1. The molecule has 1 aromatic heterocycles. The van der Waals surface area contributed by atoms with Gasteiger partial charge in [-0.2, -0.15) is 0 Å². The summed E-state index contributed by atoms with van der Waals surface area (Å²) in [7, 11) is 0. The average molecular weight is 243 g/mol. The number of anilines is 2. The topological polar surface area (TPSA) is 60.2 Å². The van der Waals surface area contributed by atoms with Gasteiger partial charge in [0.1, 0.15) is 18.2 Å². The molecule has 0 unspecified atom stereocenters. The van der Waals surface area contributed by atoms with Crippen molar-refractivity contribution in [1.82, 2.24) is 4.98 Å². The monoisotopic (exact) mass is 243 g/mol. The number of nitrogens with zero attached hydrogens (tertiary/aromatic N) is 1. The van der Waals surface area contributed by atoms with Crippen molar-refractivity contribution in [3.8, 4) is 5.75 Å². The molecule has 4 heteroatoms. The average Bonchev–Trinajstić information content (AvgIpc) is 2.35. The predicted octanol–water partition coefficient (Wildman–Crippen LogP) is 2.46. The second kappa shape index (κ2) is 5.91. The summed E-state index contributed by atoms with van der Waals surface area (Å²) in [5.74, 6) is 1.65. The molecule has 2 rings (SSSR count). The van der Waals surface area contributed by atoms with Crippen LogP contribution in [0.4, 0.5) is 11.5 Å². The van der Waals surface area contributed by atoms with Gasteiger partial charge >= 0.3 is 0 Å². The molecule has 18 heavy (non-hydrogen) atoms. The van der Waals surface area contributed by atoms with Crippen molar-refractivity contribution >= 4 is 11.5 Å². The Morgan fingerprint density at radius 2 is 2.06 bits per heavy atom. The zero-order valence-electron chi connectivity index (χ0n) is 10.4. The minimum absolute atomic E-state index is 0.569. The lowest BCUT2D eigenvalue weighted by Gasteiger charge is -2.08. The van der Waals surface area contributed by atoms with E-state index in [1.165, 1.54) is 0 Å². The maximum atomic E-state index is 5.66. The van der Waals surface area contributed by atoms with Crippen LogP contribution in [-0.2, 0) is 0 Å². The minimum Gasteiger partial charge on any atom is -0.492 e. The van der Waals surface area contributed by atoms with Gasteiger partial charge in [-0.3, -0.25) is 0 Å². The Balaban J connectivity index is 1.76. The van der Waals surface area contributed by atoms with Crippen LogP contribution in [0.3, 0.4) is 0 Å². The van der Waals surface area contributed by atoms with E-state index in [-0.39, 0.29) is 0 Å². The number of benzene rings is 1. The molecule has 0 fully saturated rings. The molecule has 0 spiro atoms. The molecule has 3 N–H and O–H groups in total. The summed E-state index contributed by atoms with van der Waals surface area (Å²) in [6.45, 7) is 3.23. The number of nitrogens with two attached hydrogens (primary N) is 1. The molecule has 0 amide bonds. The first-order chi connectivity index (χ1) is 8.74. The van der Waals surface area contributed by atoms with Crippen LogP contribution >= 0.6 is 0 Å². The number of nitrogens with one attached hydrogen (secondary N) is 1. The third-order valence-electron chi connectivity index (χ3n) is 2.42. The lowest BCUT2D eigenvalue weighted by Crippen LogP contribution is -2.12. The lowest BCUT2D eigenvalue weighted by molar-refractivity contribution is 0.333. The quantitative estimate of drug-likeness (QED) is 0.625. The van der Waals surface area contributed by atoms with Crippen molar-refractivity contribution in [2.45, 2.75) is 6.92 Å². The Morgan fingerprint density at radius 1 is 1.22 bits per heavy atom. The molecule has 0 aliphatic heterocycles. The number of rotatable bonds is 5. The first kappa shape index (κ1) is 12.2. The van der Waals surface area contributed by atoms with E-state index in [1.807, 2.05) is 49.4 Å². The van der Waals surface area contributed by atoms with E-state index in [0.717, 1.165) is 17.3 Å². The van der Waals surface area contributed by atoms with Crippen LogP contribution < -0.4 is 15.8 Å². The van der Waals surface area contributed by atoms with Gasteiger partial charge in [0.05, 0.1) is 6.54 Å². The number of pyridine rings is 1. The molecule has 0 bridgehead atoms. The molecule has 0 atom stereocenters. The van der Waals surface area contributed by atoms with Crippen molar-refractivity contribution in [3.63, 3.8) is 0 Å². The summed E-state index contributed by atoms with van der Waals surface area (Å²) < 4.78 is 5.57. The third kappa shape index (κ3) is 3.66. The van der Waals surface area contributed by atoms with Gasteiger partial charge < -0.3 is 15.8 Å². The van der Waals surface area contributed by atoms with Gasteiger partial charge in [0, 0.05) is 17.4 Å². The molecule has 0 aliphatic rings. The summed E-state index contributed by atoms with van der Waals surface area (Å²) in [6.07, 6.45) is 0. The molecule has 0 saturated carbocycles. The van der Waals surface area contributed by atoms with Gasteiger partial charge in [-0.05, 0) is 31.2 Å². The van der Waals surface area contributed by atoms with Gasteiger partial charge in [-0.1, -0.05) is 12.1 Å². The molecule has 1 aromatic carbocycles. The lowest BCUT2D eigenvalue weighted by atomic mass is 10.3. The molecule has 2 aromatic rings. The summed E-state index contributed by atoms with van der Waals surface area (Å²) in [6, 6.07) is 13.3. The highest BCUT2D eigenvalue weighted by atomic mass is 16.5. The van der Waals surface area contributed by atoms with Crippen molar-refractivity contribution in [2.24, 2.45) is 0 Å². The highest BCUT2D eigenvalue weighted by Gasteiger charge is 1.96. The second-order valence-electron chi connectivity index (χ2n) is 4.01. The van der Waals surface area contributed by atoms with Gasteiger partial charge in [0.25, 0.3) is 0 Å². The number of ether oxygens (including phenoxy) is 1. The minimum atomic E-state index is 0.569. The summed E-state index contributed by atoms with van der Waals surface area (Å²) in [4.78, 5) is 4.35. The van der Waals surface area contributed by atoms with Crippen LogP contribution in [0.15, 0.2) is 42.5 Å². The largest absolute Gasteiger partial charge is 0.492 e. The summed E-state index contributed by atoms with van der Waals surface area (Å²) >= 11 is 0. The van der Waals surface area contributed by atoms with Crippen LogP contribution in [0, 0.1) is 6.92 Å². The fraction of sp³-hybridized carbons (Fsp3) is 0.214. The fourth-order valence-corrected chi connectivity index (χ4v) is 1.59. The van der Waals surface area contributed by atoms with E-state index in [9.17, 15) is 0 Å². The highest BCUT2D eigenvalue weighted by molar-refractivity contribution is 5.43. The van der Waals surface area contributed by atoms with E-state index < -0.39 is 0 Å². The number of nitrogen functional groups attached to an aromatic ring is 1. The van der Waals surface area contributed by atoms with Crippen LogP contribution in [0.5, 0.6) is 5.75 Å². The maximum absolute atomic E-state index is 5.66. The standard InChI is InChI=1S/C14H17N3O/c1-11-4-2-7-14(17-11)16-8-9-18-13-6-3-5-12(15)10-13/h2-7,10H,8-9,15H2,1H3,(H,16,17). The Hall–Kier alpha value is -2.23. The van der Waals surface area contributed by atoms with E-state index in [1.54, 1.807) is 0 Å². The predicted molar refractivity (Wildman–Crippen MR) is 73.8 cm³/mol. The van der Waals surface area contributed by atoms with E-state index in [0.29, 0.717) is 18.8 Å². The van der Waals surface area contributed by atoms with E-state index in [4.69, 9.17) is 10.5 Å². The van der Waals surface area contributed by atoms with Crippen LogP contribution in [0.25, 0.3) is 0 Å². The second-order valence-corrected chi connectivity index (χ2v) is 4.01. The Kier molecular flexibility index (Phi) is 4.02. The maximum Gasteiger partial charge on any atom is 0.126 e. The van der Waals surface area contributed by atoms with Crippen LogP contribution in [0.1, 0.15) is 5.69 Å². The SMILES string of the molecule is Cc1cccc(NCCOc2cccc(N)c2)n1. The summed E-state index contributed by atoms with van der Waals surface area (Å²) in [5, 5.41) is 3.20. The summed E-state index contributed by atoms with van der Waals surface area (Å²) in [5.41, 5.74) is 7.37. The van der Waals surface area contributed by atoms with Gasteiger partial charge in [-0.25, -0.2) is 4.98 Å². The van der Waals surface area contributed by atoms with Crippen LogP contribution in [-0.4, -0.2) is 18.1 Å². The zero-order valence-corrected chi connectivity index (χ0v) is 10.4. The number of hydrogen-bond acceptors (Lipinski definition) is 4. The first-order valence-electron chi connectivity index (χ1n) is 5.90. The first-order valence-corrected chi connectivity index (χ1v) is 5.90. The zero-order chi connectivity index (χ0) is 12.8. The number of aromatic nitrogens is 1. The van der Waals surface area contributed by atoms with Crippen molar-refractivity contribution in [3.05, 3.63) is 48.2 Å². The number of hydrogen-bond donors (Lipinski definition) is 2. The fourth-order valence-electron chi connectivity index (χ4n) is 1.59. The molecule has 1 heterocycles.